The summed E-state index contributed by atoms with van der Waals surface area (Å²) >= 11 is 0. The number of hydrogen-bond acceptors (Lipinski definition) is 5. The lowest BCUT2D eigenvalue weighted by Crippen LogP contribution is -2.41. The monoisotopic (exact) mass is 370 g/mol. The second-order valence-corrected chi connectivity index (χ2v) is 7.45. The van der Waals surface area contributed by atoms with Gasteiger partial charge in [-0.05, 0) is 19.1 Å². The summed E-state index contributed by atoms with van der Waals surface area (Å²) in [4.78, 5) is 24.8. The number of benzene rings is 1. The van der Waals surface area contributed by atoms with Crippen LogP contribution in [0.2, 0.25) is 0 Å². The summed E-state index contributed by atoms with van der Waals surface area (Å²) in [6.07, 6.45) is -0.196. The van der Waals surface area contributed by atoms with Crippen molar-refractivity contribution in [1.82, 2.24) is 9.21 Å². The van der Waals surface area contributed by atoms with Crippen molar-refractivity contribution in [1.29, 1.82) is 0 Å². The SMILES string of the molecule is CCN(CCC(=O)O)C(=O)c1ccccc1S(=O)(=O)N1CCOCC1. The van der Waals surface area contributed by atoms with Gasteiger partial charge in [-0.1, -0.05) is 12.1 Å². The quantitative estimate of drug-likeness (QED) is 0.755. The molecule has 8 nitrogen and oxygen atoms in total. The first-order valence-electron chi connectivity index (χ1n) is 8.06. The molecule has 2 rings (SSSR count). The van der Waals surface area contributed by atoms with E-state index in [1.807, 2.05) is 0 Å². The van der Waals surface area contributed by atoms with Gasteiger partial charge in [-0.3, -0.25) is 9.59 Å². The van der Waals surface area contributed by atoms with Gasteiger partial charge in [-0.15, -0.1) is 0 Å². The number of aliphatic carboxylic acids is 1. The molecule has 0 bridgehead atoms. The molecule has 0 saturated carbocycles. The zero-order chi connectivity index (χ0) is 18.4. The van der Waals surface area contributed by atoms with E-state index >= 15 is 0 Å². The van der Waals surface area contributed by atoms with Gasteiger partial charge in [0.2, 0.25) is 10.0 Å². The lowest BCUT2D eigenvalue weighted by Gasteiger charge is -2.27. The number of carboxylic acid groups (broad SMARTS) is 1. The van der Waals surface area contributed by atoms with Crippen LogP contribution in [0.4, 0.5) is 0 Å². The van der Waals surface area contributed by atoms with Crippen LogP contribution in [0.25, 0.3) is 0 Å². The summed E-state index contributed by atoms with van der Waals surface area (Å²) in [7, 11) is -3.82. The van der Waals surface area contributed by atoms with Crippen molar-refractivity contribution in [3.63, 3.8) is 0 Å². The van der Waals surface area contributed by atoms with E-state index in [9.17, 15) is 18.0 Å². The Labute approximate surface area is 147 Å². The number of carboxylic acids is 1. The molecule has 1 heterocycles. The maximum Gasteiger partial charge on any atom is 0.305 e. The molecular weight excluding hydrogens is 348 g/mol. The summed E-state index contributed by atoms with van der Waals surface area (Å²) in [6.45, 7) is 3.14. The van der Waals surface area contributed by atoms with Crippen LogP contribution in [0.3, 0.4) is 0 Å². The molecule has 1 aliphatic heterocycles. The predicted molar refractivity (Wildman–Crippen MR) is 89.9 cm³/mol. The Morgan fingerprint density at radius 2 is 1.88 bits per heavy atom. The highest BCUT2D eigenvalue weighted by molar-refractivity contribution is 7.89. The molecular formula is C16H22N2O6S. The Hall–Kier alpha value is -1.97. The number of carbonyl (C=O) groups excluding carboxylic acids is 1. The molecule has 138 valence electrons. The van der Waals surface area contributed by atoms with Gasteiger partial charge >= 0.3 is 5.97 Å². The number of hydrogen-bond donors (Lipinski definition) is 1. The third kappa shape index (κ3) is 4.56. The van der Waals surface area contributed by atoms with Crippen molar-refractivity contribution in [2.45, 2.75) is 18.2 Å². The number of nitrogens with zero attached hydrogens (tertiary/aromatic N) is 2. The lowest BCUT2D eigenvalue weighted by molar-refractivity contribution is -0.137. The summed E-state index contributed by atoms with van der Waals surface area (Å²) in [5.74, 6) is -1.50. The van der Waals surface area contributed by atoms with Crippen LogP contribution in [-0.2, 0) is 19.6 Å². The number of rotatable bonds is 7. The third-order valence-electron chi connectivity index (χ3n) is 3.97. The average Bonchev–Trinajstić information content (AvgIpc) is 2.62. The largest absolute Gasteiger partial charge is 0.481 e. The highest BCUT2D eigenvalue weighted by atomic mass is 32.2. The first-order valence-corrected chi connectivity index (χ1v) is 9.50. The van der Waals surface area contributed by atoms with E-state index in [-0.39, 0.29) is 43.1 Å². The summed E-state index contributed by atoms with van der Waals surface area (Å²) in [5, 5.41) is 8.81. The molecule has 0 spiro atoms. The van der Waals surface area contributed by atoms with Gasteiger partial charge in [0.05, 0.1) is 30.1 Å². The van der Waals surface area contributed by atoms with Gasteiger partial charge in [-0.2, -0.15) is 4.31 Å². The number of carbonyl (C=O) groups is 2. The molecule has 0 aliphatic carbocycles. The highest BCUT2D eigenvalue weighted by Gasteiger charge is 2.31. The average molecular weight is 370 g/mol. The van der Waals surface area contributed by atoms with Crippen LogP contribution < -0.4 is 0 Å². The normalized spacial score (nSPS) is 15.7. The van der Waals surface area contributed by atoms with E-state index in [4.69, 9.17) is 9.84 Å². The molecule has 1 amide bonds. The fraction of sp³-hybridized carbons (Fsp3) is 0.500. The molecule has 1 fully saturated rings. The van der Waals surface area contributed by atoms with Crippen molar-refractivity contribution in [2.24, 2.45) is 0 Å². The Balaban J connectivity index is 2.33. The summed E-state index contributed by atoms with van der Waals surface area (Å²) in [6, 6.07) is 6.02. The number of morpholine rings is 1. The molecule has 1 aliphatic rings. The summed E-state index contributed by atoms with van der Waals surface area (Å²) < 4.78 is 32.3. The van der Waals surface area contributed by atoms with Crippen LogP contribution in [0.1, 0.15) is 23.7 Å². The van der Waals surface area contributed by atoms with Gasteiger partial charge in [0, 0.05) is 26.2 Å². The molecule has 0 atom stereocenters. The van der Waals surface area contributed by atoms with Crippen LogP contribution >= 0.6 is 0 Å². The minimum Gasteiger partial charge on any atom is -0.481 e. The molecule has 1 N–H and O–H groups in total. The molecule has 1 saturated heterocycles. The van der Waals surface area contributed by atoms with Gasteiger partial charge in [0.15, 0.2) is 0 Å². The maximum atomic E-state index is 12.9. The second kappa shape index (κ2) is 8.41. The Morgan fingerprint density at radius 3 is 2.48 bits per heavy atom. The zero-order valence-corrected chi connectivity index (χ0v) is 14.9. The number of amides is 1. The molecule has 25 heavy (non-hydrogen) atoms. The van der Waals surface area contributed by atoms with Gasteiger partial charge in [0.1, 0.15) is 0 Å². The Bertz CT molecular complexity index is 728. The van der Waals surface area contributed by atoms with E-state index < -0.39 is 21.9 Å². The van der Waals surface area contributed by atoms with Crippen molar-refractivity contribution < 1.29 is 27.9 Å². The smallest absolute Gasteiger partial charge is 0.305 e. The first-order chi connectivity index (χ1) is 11.9. The fourth-order valence-electron chi connectivity index (χ4n) is 2.60. The highest BCUT2D eigenvalue weighted by Crippen LogP contribution is 2.22. The standard InChI is InChI=1S/C16H22N2O6S/c1-2-17(8-7-15(19)20)16(21)13-5-3-4-6-14(13)25(22,23)18-9-11-24-12-10-18/h3-6H,2,7-12H2,1H3,(H,19,20). The molecule has 1 aromatic carbocycles. The van der Waals surface area contributed by atoms with Crippen LogP contribution in [0.15, 0.2) is 29.2 Å². The van der Waals surface area contributed by atoms with Crippen molar-refractivity contribution in [3.05, 3.63) is 29.8 Å². The molecule has 0 aromatic heterocycles. The zero-order valence-electron chi connectivity index (χ0n) is 14.1. The van der Waals surface area contributed by atoms with E-state index in [0.717, 1.165) is 0 Å². The number of sulfonamides is 1. The van der Waals surface area contributed by atoms with E-state index in [1.54, 1.807) is 19.1 Å². The lowest BCUT2D eigenvalue weighted by atomic mass is 10.2. The maximum absolute atomic E-state index is 12.9. The minimum atomic E-state index is -3.82. The second-order valence-electron chi connectivity index (χ2n) is 5.54. The van der Waals surface area contributed by atoms with Crippen molar-refractivity contribution in [3.8, 4) is 0 Å². The van der Waals surface area contributed by atoms with Crippen molar-refractivity contribution in [2.75, 3.05) is 39.4 Å². The minimum absolute atomic E-state index is 0.0244. The number of ether oxygens (including phenoxy) is 1. The molecule has 9 heteroatoms. The van der Waals surface area contributed by atoms with Crippen LogP contribution in [-0.4, -0.2) is 74.0 Å². The van der Waals surface area contributed by atoms with E-state index in [1.165, 1.54) is 21.3 Å². The van der Waals surface area contributed by atoms with Crippen LogP contribution in [0.5, 0.6) is 0 Å². The van der Waals surface area contributed by atoms with Crippen LogP contribution in [0, 0.1) is 0 Å². The third-order valence-corrected chi connectivity index (χ3v) is 5.93. The topological polar surface area (TPSA) is 104 Å². The van der Waals surface area contributed by atoms with E-state index in [2.05, 4.69) is 0 Å². The van der Waals surface area contributed by atoms with Gasteiger partial charge in [-0.25, -0.2) is 8.42 Å². The van der Waals surface area contributed by atoms with Gasteiger partial charge < -0.3 is 14.7 Å². The molecule has 0 radical (unpaired) electrons. The molecule has 1 aromatic rings. The Morgan fingerprint density at radius 1 is 1.24 bits per heavy atom. The van der Waals surface area contributed by atoms with E-state index in [0.29, 0.717) is 13.2 Å². The van der Waals surface area contributed by atoms with Crippen molar-refractivity contribution >= 4 is 21.9 Å². The van der Waals surface area contributed by atoms with Gasteiger partial charge in [0.25, 0.3) is 5.91 Å². The Kier molecular flexibility index (Phi) is 6.51. The predicted octanol–water partition coefficient (Wildman–Crippen LogP) is 0.644. The summed E-state index contributed by atoms with van der Waals surface area (Å²) in [5.41, 5.74) is 0.0567. The molecule has 0 unspecified atom stereocenters. The first kappa shape index (κ1) is 19.4. The fourth-order valence-corrected chi connectivity index (χ4v) is 4.19.